The van der Waals surface area contributed by atoms with E-state index in [1.54, 1.807) is 11.8 Å². The van der Waals surface area contributed by atoms with E-state index in [0.717, 1.165) is 17.3 Å². The maximum absolute atomic E-state index is 11.4. The molecule has 2 aliphatic heterocycles. The highest BCUT2D eigenvalue weighted by atomic mass is 32.2. The maximum Gasteiger partial charge on any atom is 0.157 e. The van der Waals surface area contributed by atoms with Gasteiger partial charge in [-0.25, -0.2) is 8.42 Å². The van der Waals surface area contributed by atoms with E-state index in [9.17, 15) is 8.42 Å². The molecular weight excluding hydrogens is 280 g/mol. The van der Waals surface area contributed by atoms with Crippen molar-refractivity contribution in [3.8, 4) is 0 Å². The molecule has 0 saturated carbocycles. The molecule has 0 aromatic rings. The van der Waals surface area contributed by atoms with E-state index in [4.69, 9.17) is 4.99 Å². The van der Waals surface area contributed by atoms with E-state index < -0.39 is 9.84 Å². The summed E-state index contributed by atoms with van der Waals surface area (Å²) >= 11 is 1.77. The molecule has 0 radical (unpaired) electrons. The van der Waals surface area contributed by atoms with E-state index in [1.807, 2.05) is 0 Å². The van der Waals surface area contributed by atoms with Crippen molar-refractivity contribution in [1.29, 1.82) is 0 Å². The van der Waals surface area contributed by atoms with Crippen LogP contribution in [0.25, 0.3) is 0 Å². The van der Waals surface area contributed by atoms with Gasteiger partial charge in [0, 0.05) is 11.8 Å². The Morgan fingerprint density at radius 2 is 1.84 bits per heavy atom. The van der Waals surface area contributed by atoms with Gasteiger partial charge >= 0.3 is 0 Å². The molecule has 4 nitrogen and oxygen atoms in total. The zero-order valence-electron chi connectivity index (χ0n) is 12.0. The molecule has 2 heterocycles. The molecule has 1 saturated heterocycles. The summed E-state index contributed by atoms with van der Waals surface area (Å²) in [4.78, 5) is 4.80. The number of nitrogens with one attached hydrogen (secondary N) is 1. The fourth-order valence-electron chi connectivity index (χ4n) is 2.43. The fraction of sp³-hybridized carbons (Fsp3) is 0.923. The number of thioether (sulfide) groups is 1. The lowest BCUT2D eigenvalue weighted by Crippen LogP contribution is -2.42. The molecule has 0 aromatic heterocycles. The lowest BCUT2D eigenvalue weighted by atomic mass is 9.85. The van der Waals surface area contributed by atoms with Crippen molar-refractivity contribution in [2.75, 3.05) is 17.3 Å². The van der Waals surface area contributed by atoms with Crippen LogP contribution in [0.15, 0.2) is 4.99 Å². The van der Waals surface area contributed by atoms with Crippen LogP contribution in [0.5, 0.6) is 0 Å². The first-order valence-electron chi connectivity index (χ1n) is 6.94. The van der Waals surface area contributed by atoms with E-state index in [2.05, 4.69) is 26.1 Å². The van der Waals surface area contributed by atoms with E-state index >= 15 is 0 Å². The molecule has 0 bridgehead atoms. The normalized spacial score (nSPS) is 28.8. The first-order valence-corrected chi connectivity index (χ1v) is 9.74. The number of hydrogen-bond acceptors (Lipinski definition) is 5. The lowest BCUT2D eigenvalue weighted by Gasteiger charge is -2.32. The highest BCUT2D eigenvalue weighted by molar-refractivity contribution is 8.13. The quantitative estimate of drug-likeness (QED) is 0.805. The zero-order chi connectivity index (χ0) is 14.1. The molecule has 0 spiro atoms. The number of nitrogens with zero attached hydrogens (tertiary/aromatic N) is 1. The minimum atomic E-state index is -2.78. The number of rotatable bonds is 1. The van der Waals surface area contributed by atoms with Crippen LogP contribution in [0.4, 0.5) is 0 Å². The van der Waals surface area contributed by atoms with Crippen molar-refractivity contribution in [1.82, 2.24) is 5.32 Å². The van der Waals surface area contributed by atoms with Crippen LogP contribution in [0.3, 0.4) is 0 Å². The van der Waals surface area contributed by atoms with Gasteiger partial charge in [0.15, 0.2) is 5.17 Å². The largest absolute Gasteiger partial charge is 0.362 e. The molecule has 0 amide bonds. The van der Waals surface area contributed by atoms with Crippen molar-refractivity contribution in [3.63, 3.8) is 0 Å². The molecule has 0 aliphatic carbocycles. The summed E-state index contributed by atoms with van der Waals surface area (Å²) in [6.07, 6.45) is 2.54. The first kappa shape index (κ1) is 15.2. The highest BCUT2D eigenvalue weighted by Gasteiger charge is 2.29. The molecule has 2 aliphatic rings. The number of aliphatic imine (C=N–C) groups is 1. The van der Waals surface area contributed by atoms with Crippen LogP contribution in [0.1, 0.15) is 40.0 Å². The zero-order valence-corrected chi connectivity index (χ0v) is 13.6. The van der Waals surface area contributed by atoms with Gasteiger partial charge in [-0.05, 0) is 24.7 Å². The smallest absolute Gasteiger partial charge is 0.157 e. The molecule has 110 valence electrons. The van der Waals surface area contributed by atoms with Crippen LogP contribution in [0, 0.1) is 5.41 Å². The van der Waals surface area contributed by atoms with E-state index in [-0.39, 0.29) is 11.5 Å². The lowest BCUT2D eigenvalue weighted by molar-refractivity contribution is 0.315. The molecule has 19 heavy (non-hydrogen) atoms. The third-order valence-electron chi connectivity index (χ3n) is 3.79. The van der Waals surface area contributed by atoms with Gasteiger partial charge in [0.1, 0.15) is 9.84 Å². The van der Waals surface area contributed by atoms with Crippen molar-refractivity contribution >= 4 is 26.8 Å². The van der Waals surface area contributed by atoms with Crippen molar-refractivity contribution in [3.05, 3.63) is 0 Å². The fourth-order valence-corrected chi connectivity index (χ4v) is 4.90. The predicted molar refractivity (Wildman–Crippen MR) is 82.6 cm³/mol. The highest BCUT2D eigenvalue weighted by Crippen LogP contribution is 2.30. The van der Waals surface area contributed by atoms with Crippen molar-refractivity contribution in [2.45, 2.75) is 52.1 Å². The van der Waals surface area contributed by atoms with Gasteiger partial charge in [-0.3, -0.25) is 4.99 Å². The minimum absolute atomic E-state index is 0.198. The standard InChI is InChI=1S/C13H24N2O2S2/c1-13(2,3)11-4-7-18-12(15-11)14-10-5-8-19(16,17)9-6-10/h10-11H,4-9H2,1-3H3,(H,14,15). The second-order valence-corrected chi connectivity index (χ2v) is 9.91. The molecule has 1 atom stereocenters. The average molecular weight is 304 g/mol. The monoisotopic (exact) mass is 304 g/mol. The molecule has 6 heteroatoms. The van der Waals surface area contributed by atoms with Gasteiger partial charge in [0.25, 0.3) is 0 Å². The topological polar surface area (TPSA) is 58.5 Å². The Balaban J connectivity index is 1.94. The molecular formula is C13H24N2O2S2. The third-order valence-corrected chi connectivity index (χ3v) is 6.44. The number of sulfone groups is 1. The molecule has 1 unspecified atom stereocenters. The second kappa shape index (κ2) is 5.64. The van der Waals surface area contributed by atoms with Gasteiger partial charge in [0.05, 0.1) is 17.5 Å². The Bertz CT molecular complexity index is 438. The first-order chi connectivity index (χ1) is 8.76. The van der Waals surface area contributed by atoms with Crippen molar-refractivity contribution < 1.29 is 8.42 Å². The molecule has 2 rings (SSSR count). The maximum atomic E-state index is 11.4. The number of amidine groups is 1. The Kier molecular flexibility index (Phi) is 4.50. The van der Waals surface area contributed by atoms with Crippen LogP contribution < -0.4 is 5.32 Å². The average Bonchev–Trinajstić information content (AvgIpc) is 2.31. The van der Waals surface area contributed by atoms with Gasteiger partial charge in [-0.15, -0.1) is 0 Å². The third kappa shape index (κ3) is 4.38. The summed E-state index contributed by atoms with van der Waals surface area (Å²) in [7, 11) is -2.78. The minimum Gasteiger partial charge on any atom is -0.362 e. The van der Waals surface area contributed by atoms with Gasteiger partial charge in [-0.2, -0.15) is 0 Å². The van der Waals surface area contributed by atoms with E-state index in [0.29, 0.717) is 30.4 Å². The van der Waals surface area contributed by atoms with E-state index in [1.165, 1.54) is 0 Å². The molecule has 1 N–H and O–H groups in total. The van der Waals surface area contributed by atoms with Crippen LogP contribution in [-0.4, -0.2) is 42.9 Å². The second-order valence-electron chi connectivity index (χ2n) is 6.52. The Morgan fingerprint density at radius 3 is 2.42 bits per heavy atom. The SMILES string of the molecule is CC(C)(C)C1CCSC(NC2CCS(=O)(=O)CC2)=N1. The Labute approximate surface area is 120 Å². The van der Waals surface area contributed by atoms with Crippen molar-refractivity contribution in [2.24, 2.45) is 10.4 Å². The predicted octanol–water partition coefficient (Wildman–Crippen LogP) is 2.06. The summed E-state index contributed by atoms with van der Waals surface area (Å²) in [5.41, 5.74) is 0.198. The van der Waals surface area contributed by atoms with Crippen LogP contribution in [0.2, 0.25) is 0 Å². The van der Waals surface area contributed by atoms with Crippen LogP contribution >= 0.6 is 11.8 Å². The van der Waals surface area contributed by atoms with Gasteiger partial charge in [-0.1, -0.05) is 32.5 Å². The summed E-state index contributed by atoms with van der Waals surface area (Å²) in [5, 5.41) is 4.46. The van der Waals surface area contributed by atoms with Crippen LogP contribution in [-0.2, 0) is 9.84 Å². The Hall–Kier alpha value is -0.230. The summed E-state index contributed by atoms with van der Waals surface area (Å²) in [6.45, 7) is 6.67. The molecule has 0 aromatic carbocycles. The van der Waals surface area contributed by atoms with Gasteiger partial charge < -0.3 is 5.32 Å². The summed E-state index contributed by atoms with van der Waals surface area (Å²) < 4.78 is 22.8. The molecule has 1 fully saturated rings. The summed E-state index contributed by atoms with van der Waals surface area (Å²) in [6, 6.07) is 0.636. The summed E-state index contributed by atoms with van der Waals surface area (Å²) in [5.74, 6) is 1.72. The number of hydrogen-bond donors (Lipinski definition) is 1. The Morgan fingerprint density at radius 1 is 1.21 bits per heavy atom. The van der Waals surface area contributed by atoms with Gasteiger partial charge in [0.2, 0.25) is 0 Å².